The number of thioether (sulfide) groups is 1. The summed E-state index contributed by atoms with van der Waals surface area (Å²) in [7, 11) is 0. The topological polar surface area (TPSA) is 63.0 Å². The molecular weight excluding hydrogens is 352 g/mol. The van der Waals surface area contributed by atoms with Crippen molar-refractivity contribution in [2.45, 2.75) is 10.9 Å². The lowest BCUT2D eigenvalue weighted by Gasteiger charge is -2.03. The van der Waals surface area contributed by atoms with Crippen molar-refractivity contribution < 1.29 is 0 Å². The number of hydrogen-bond acceptors (Lipinski definition) is 5. The molecule has 4 aromatic rings. The van der Waals surface area contributed by atoms with Crippen LogP contribution in [0.2, 0.25) is 0 Å². The molecule has 0 saturated carbocycles. The first-order chi connectivity index (χ1) is 12.2. The highest BCUT2D eigenvalue weighted by Gasteiger charge is 2.13. The Morgan fingerprint density at radius 2 is 2.12 bits per heavy atom. The molecule has 3 heterocycles. The summed E-state index contributed by atoms with van der Waals surface area (Å²) in [6.45, 7) is 3.76. The molecule has 4 rings (SSSR count). The molecule has 7 heteroatoms. The third-order valence-corrected chi connectivity index (χ3v) is 5.63. The van der Waals surface area contributed by atoms with Gasteiger partial charge in [0.25, 0.3) is 5.56 Å². The van der Waals surface area contributed by atoms with E-state index in [1.54, 1.807) is 21.9 Å². The number of aromatic nitrogens is 4. The first-order valence-electron chi connectivity index (χ1n) is 7.61. The van der Waals surface area contributed by atoms with Crippen molar-refractivity contribution >= 4 is 34.7 Å². The second-order valence-corrected chi connectivity index (χ2v) is 7.26. The number of fused-ring (bicyclic) bond motifs is 1. The lowest BCUT2D eigenvalue weighted by molar-refractivity contribution is 0.728. The van der Waals surface area contributed by atoms with Crippen LogP contribution in [0, 0.1) is 0 Å². The molecule has 0 bridgehead atoms. The van der Waals surface area contributed by atoms with Gasteiger partial charge in [0.2, 0.25) is 5.16 Å². The summed E-state index contributed by atoms with van der Waals surface area (Å²) >= 11 is 3.13. The molecule has 1 N–H and O–H groups in total. The Morgan fingerprint density at radius 3 is 2.84 bits per heavy atom. The Morgan fingerprint density at radius 1 is 1.28 bits per heavy atom. The molecule has 0 amide bonds. The van der Waals surface area contributed by atoms with Crippen LogP contribution in [-0.4, -0.2) is 19.8 Å². The normalized spacial score (nSPS) is 11.0. The highest BCUT2D eigenvalue weighted by Crippen LogP contribution is 2.26. The van der Waals surface area contributed by atoms with E-state index in [0.717, 1.165) is 21.9 Å². The highest BCUT2D eigenvalue weighted by molar-refractivity contribution is 7.98. The molecule has 1 aromatic carbocycles. The fourth-order valence-corrected chi connectivity index (χ4v) is 3.97. The van der Waals surface area contributed by atoms with Crippen molar-refractivity contribution in [3.8, 4) is 10.6 Å². The maximum Gasteiger partial charge on any atom is 0.290 e. The van der Waals surface area contributed by atoms with E-state index in [1.807, 2.05) is 35.7 Å². The summed E-state index contributed by atoms with van der Waals surface area (Å²) in [6, 6.07) is 13.9. The van der Waals surface area contributed by atoms with Gasteiger partial charge in [-0.1, -0.05) is 54.7 Å². The highest BCUT2D eigenvalue weighted by atomic mass is 32.2. The zero-order valence-electron chi connectivity index (χ0n) is 13.2. The standard InChI is InChI=1S/C18H14N4OS2/c1-2-12-5-7-13(8-6-12)11-25-18-20-19-17(23)15-10-14(21-22(15)18)16-4-3-9-24-16/h2-10H,1,11H2,(H,19,23). The molecular formula is C18H14N4OS2. The first kappa shape index (κ1) is 15.9. The van der Waals surface area contributed by atoms with Crippen molar-refractivity contribution in [1.82, 2.24) is 19.8 Å². The Hall–Kier alpha value is -2.64. The van der Waals surface area contributed by atoms with Gasteiger partial charge in [0.1, 0.15) is 11.2 Å². The van der Waals surface area contributed by atoms with Crippen molar-refractivity contribution in [3.63, 3.8) is 0 Å². The second kappa shape index (κ2) is 6.70. The summed E-state index contributed by atoms with van der Waals surface area (Å²) in [4.78, 5) is 13.1. The van der Waals surface area contributed by atoms with Crippen LogP contribution in [0.1, 0.15) is 11.1 Å². The second-order valence-electron chi connectivity index (χ2n) is 5.37. The maximum atomic E-state index is 12.1. The molecule has 5 nitrogen and oxygen atoms in total. The zero-order valence-corrected chi connectivity index (χ0v) is 14.8. The van der Waals surface area contributed by atoms with E-state index in [4.69, 9.17) is 0 Å². The molecule has 3 aromatic heterocycles. The predicted molar refractivity (Wildman–Crippen MR) is 103 cm³/mol. The number of H-pyrrole nitrogens is 1. The molecule has 0 atom stereocenters. The summed E-state index contributed by atoms with van der Waals surface area (Å²) < 4.78 is 1.62. The van der Waals surface area contributed by atoms with Crippen LogP contribution < -0.4 is 5.56 Å². The Kier molecular flexibility index (Phi) is 4.25. The summed E-state index contributed by atoms with van der Waals surface area (Å²) in [5.74, 6) is 0.736. The van der Waals surface area contributed by atoms with Gasteiger partial charge in [-0.3, -0.25) is 4.79 Å². The van der Waals surface area contributed by atoms with Crippen molar-refractivity contribution in [1.29, 1.82) is 0 Å². The van der Waals surface area contributed by atoms with Crippen LogP contribution in [0.5, 0.6) is 0 Å². The van der Waals surface area contributed by atoms with E-state index in [9.17, 15) is 4.79 Å². The van der Waals surface area contributed by atoms with E-state index in [0.29, 0.717) is 10.7 Å². The Labute approximate surface area is 152 Å². The summed E-state index contributed by atoms with van der Waals surface area (Å²) in [6.07, 6.45) is 1.82. The Bertz CT molecular complexity index is 1080. The van der Waals surface area contributed by atoms with Gasteiger partial charge in [-0.15, -0.1) is 16.4 Å². The zero-order chi connectivity index (χ0) is 17.2. The van der Waals surface area contributed by atoms with E-state index in [2.05, 4.69) is 34.0 Å². The third kappa shape index (κ3) is 3.16. The van der Waals surface area contributed by atoms with E-state index >= 15 is 0 Å². The first-order valence-corrected chi connectivity index (χ1v) is 9.47. The number of nitrogens with zero attached hydrogens (tertiary/aromatic N) is 3. The molecule has 0 fully saturated rings. The molecule has 0 aliphatic carbocycles. The van der Waals surface area contributed by atoms with Gasteiger partial charge in [-0.2, -0.15) is 5.10 Å². The average molecular weight is 366 g/mol. The number of rotatable bonds is 5. The lowest BCUT2D eigenvalue weighted by Crippen LogP contribution is -2.13. The van der Waals surface area contributed by atoms with E-state index in [1.165, 1.54) is 17.3 Å². The van der Waals surface area contributed by atoms with Crippen molar-refractivity contribution in [3.05, 3.63) is 75.9 Å². The van der Waals surface area contributed by atoms with E-state index in [-0.39, 0.29) is 5.56 Å². The van der Waals surface area contributed by atoms with Gasteiger partial charge in [-0.25, -0.2) is 9.61 Å². The number of hydrogen-bond donors (Lipinski definition) is 1. The monoisotopic (exact) mass is 366 g/mol. The quantitative estimate of drug-likeness (QED) is 0.541. The summed E-state index contributed by atoms with van der Waals surface area (Å²) in [5, 5.41) is 13.9. The number of nitrogens with one attached hydrogen (secondary N) is 1. The number of aromatic amines is 1. The summed E-state index contributed by atoms with van der Waals surface area (Å²) in [5.41, 5.74) is 3.30. The van der Waals surface area contributed by atoms with Gasteiger partial charge >= 0.3 is 0 Å². The lowest BCUT2D eigenvalue weighted by atomic mass is 10.1. The van der Waals surface area contributed by atoms with Crippen LogP contribution in [-0.2, 0) is 5.75 Å². The molecule has 0 aliphatic rings. The van der Waals surface area contributed by atoms with Gasteiger partial charge in [-0.05, 0) is 28.6 Å². The van der Waals surface area contributed by atoms with Crippen LogP contribution >= 0.6 is 23.1 Å². The molecule has 0 spiro atoms. The van der Waals surface area contributed by atoms with Gasteiger partial charge in [0.15, 0.2) is 0 Å². The van der Waals surface area contributed by atoms with Gasteiger partial charge in [0.05, 0.1) is 4.88 Å². The number of thiophene rings is 1. The van der Waals surface area contributed by atoms with Crippen LogP contribution in [0.3, 0.4) is 0 Å². The van der Waals surface area contributed by atoms with Crippen molar-refractivity contribution in [2.24, 2.45) is 0 Å². The number of benzene rings is 1. The molecule has 0 radical (unpaired) electrons. The molecule has 0 saturated heterocycles. The fourth-order valence-electron chi connectivity index (χ4n) is 2.43. The smallest absolute Gasteiger partial charge is 0.266 e. The molecule has 0 unspecified atom stereocenters. The molecule has 0 aliphatic heterocycles. The van der Waals surface area contributed by atoms with Crippen molar-refractivity contribution in [2.75, 3.05) is 0 Å². The van der Waals surface area contributed by atoms with Crippen LogP contribution in [0.25, 0.3) is 22.2 Å². The fraction of sp³-hybridized carbons (Fsp3) is 0.0556. The van der Waals surface area contributed by atoms with Crippen LogP contribution in [0.15, 0.2) is 64.4 Å². The largest absolute Gasteiger partial charge is 0.290 e. The minimum atomic E-state index is -0.241. The SMILES string of the molecule is C=Cc1ccc(CSc2n[nH]c(=O)c3cc(-c4cccs4)nn23)cc1. The maximum absolute atomic E-state index is 12.1. The predicted octanol–water partition coefficient (Wildman–Crippen LogP) is 4.08. The van der Waals surface area contributed by atoms with Gasteiger partial charge in [0, 0.05) is 5.75 Å². The van der Waals surface area contributed by atoms with Gasteiger partial charge < -0.3 is 0 Å². The average Bonchev–Trinajstić information content (AvgIpc) is 3.31. The molecule has 124 valence electrons. The minimum absolute atomic E-state index is 0.241. The van der Waals surface area contributed by atoms with E-state index < -0.39 is 0 Å². The minimum Gasteiger partial charge on any atom is -0.266 e. The van der Waals surface area contributed by atoms with Crippen LogP contribution in [0.4, 0.5) is 0 Å². The Balaban J connectivity index is 1.65. The third-order valence-electron chi connectivity index (χ3n) is 3.73. The molecule has 25 heavy (non-hydrogen) atoms.